The third-order valence-electron chi connectivity index (χ3n) is 4.83. The summed E-state index contributed by atoms with van der Waals surface area (Å²) < 4.78 is 12.1. The summed E-state index contributed by atoms with van der Waals surface area (Å²) in [5, 5.41) is 2.68. The molecule has 0 spiro atoms. The molecule has 0 radical (unpaired) electrons. The van der Waals surface area contributed by atoms with Crippen LogP contribution in [0.5, 0.6) is 5.75 Å². The van der Waals surface area contributed by atoms with Gasteiger partial charge in [0.15, 0.2) is 5.13 Å². The molecule has 0 aliphatic carbocycles. The van der Waals surface area contributed by atoms with Gasteiger partial charge in [0.2, 0.25) is 0 Å². The minimum absolute atomic E-state index is 0.0195. The first-order chi connectivity index (χ1) is 14.2. The second-order valence-corrected chi connectivity index (χ2v) is 8.76. The van der Waals surface area contributed by atoms with Crippen LogP contribution in [-0.4, -0.2) is 61.8 Å². The summed E-state index contributed by atoms with van der Waals surface area (Å²) in [5.74, 6) is 0.852. The van der Waals surface area contributed by atoms with Crippen LogP contribution in [0.1, 0.15) is 23.0 Å². The molecule has 154 valence electrons. The zero-order chi connectivity index (χ0) is 20.1. The molecule has 1 aliphatic rings. The number of morpholine rings is 1. The van der Waals surface area contributed by atoms with Crippen molar-refractivity contribution in [2.75, 3.05) is 50.9 Å². The summed E-state index contributed by atoms with van der Waals surface area (Å²) in [5.41, 5.74) is 0.894. The summed E-state index contributed by atoms with van der Waals surface area (Å²) >= 11 is 3.01. The Hall–Kier alpha value is -2.00. The van der Waals surface area contributed by atoms with E-state index in [1.54, 1.807) is 11.3 Å². The predicted molar refractivity (Wildman–Crippen MR) is 119 cm³/mol. The molecule has 0 atom stereocenters. The van der Waals surface area contributed by atoms with Crippen LogP contribution in [0.15, 0.2) is 35.7 Å². The van der Waals surface area contributed by atoms with Crippen LogP contribution < -0.4 is 9.64 Å². The van der Waals surface area contributed by atoms with Crippen LogP contribution >= 0.6 is 22.7 Å². The van der Waals surface area contributed by atoms with Gasteiger partial charge in [-0.2, -0.15) is 0 Å². The number of anilines is 1. The molecule has 4 rings (SSSR count). The van der Waals surface area contributed by atoms with E-state index in [4.69, 9.17) is 14.5 Å². The number of rotatable bonds is 8. The number of thiazole rings is 1. The van der Waals surface area contributed by atoms with E-state index < -0.39 is 0 Å². The number of thiophene rings is 1. The van der Waals surface area contributed by atoms with Crippen LogP contribution in [-0.2, 0) is 4.74 Å². The van der Waals surface area contributed by atoms with Crippen molar-refractivity contribution in [1.29, 1.82) is 0 Å². The van der Waals surface area contributed by atoms with Crippen molar-refractivity contribution in [3.05, 3.63) is 40.6 Å². The van der Waals surface area contributed by atoms with Gasteiger partial charge in [0.25, 0.3) is 5.91 Å². The zero-order valence-electron chi connectivity index (χ0n) is 16.5. The monoisotopic (exact) mass is 431 g/mol. The van der Waals surface area contributed by atoms with E-state index in [9.17, 15) is 4.79 Å². The number of aromatic nitrogens is 1. The van der Waals surface area contributed by atoms with Gasteiger partial charge in [-0.15, -0.1) is 11.3 Å². The third-order valence-corrected chi connectivity index (χ3v) is 6.73. The molecule has 1 aromatic carbocycles. The largest absolute Gasteiger partial charge is 0.494 e. The Balaban J connectivity index is 1.53. The highest BCUT2D eigenvalue weighted by molar-refractivity contribution is 7.22. The van der Waals surface area contributed by atoms with Crippen LogP contribution in [0.3, 0.4) is 0 Å². The lowest BCUT2D eigenvalue weighted by atomic mass is 10.3. The summed E-state index contributed by atoms with van der Waals surface area (Å²) in [6.45, 7) is 7.69. The number of carbonyl (C=O) groups is 1. The van der Waals surface area contributed by atoms with Gasteiger partial charge in [-0.25, -0.2) is 4.98 Å². The second kappa shape index (κ2) is 9.67. The van der Waals surface area contributed by atoms with Crippen LogP contribution in [0, 0.1) is 0 Å². The minimum Gasteiger partial charge on any atom is -0.494 e. The first kappa shape index (κ1) is 20.3. The molecule has 1 fully saturated rings. The molecule has 0 saturated carbocycles. The molecule has 3 heterocycles. The number of nitrogens with zero attached hydrogens (tertiary/aromatic N) is 3. The van der Waals surface area contributed by atoms with E-state index in [0.29, 0.717) is 13.2 Å². The number of fused-ring (bicyclic) bond motifs is 1. The molecule has 0 N–H and O–H groups in total. The highest BCUT2D eigenvalue weighted by Crippen LogP contribution is 2.32. The average molecular weight is 432 g/mol. The number of hydrogen-bond acceptors (Lipinski definition) is 7. The molecular weight excluding hydrogens is 406 g/mol. The van der Waals surface area contributed by atoms with E-state index in [-0.39, 0.29) is 5.91 Å². The van der Waals surface area contributed by atoms with Crippen molar-refractivity contribution < 1.29 is 14.3 Å². The van der Waals surface area contributed by atoms with Crippen molar-refractivity contribution in [3.63, 3.8) is 0 Å². The Morgan fingerprint density at radius 1 is 1.31 bits per heavy atom. The minimum atomic E-state index is 0.0195. The molecule has 0 unspecified atom stereocenters. The number of amides is 1. The average Bonchev–Trinajstić information content (AvgIpc) is 3.41. The van der Waals surface area contributed by atoms with E-state index in [1.165, 1.54) is 11.3 Å². The molecular formula is C21H25N3O3S2. The fourth-order valence-corrected chi connectivity index (χ4v) is 5.05. The zero-order valence-corrected chi connectivity index (χ0v) is 18.1. The maximum absolute atomic E-state index is 13.2. The Bertz CT molecular complexity index is 936. The van der Waals surface area contributed by atoms with Crippen LogP contribution in [0.4, 0.5) is 5.13 Å². The number of carbonyl (C=O) groups excluding carboxylic acids is 1. The lowest BCUT2D eigenvalue weighted by Crippen LogP contribution is -2.39. The van der Waals surface area contributed by atoms with Gasteiger partial charge in [-0.1, -0.05) is 17.4 Å². The van der Waals surface area contributed by atoms with Gasteiger partial charge >= 0.3 is 0 Å². The van der Waals surface area contributed by atoms with Crippen LogP contribution in [0.2, 0.25) is 0 Å². The maximum Gasteiger partial charge on any atom is 0.270 e. The summed E-state index contributed by atoms with van der Waals surface area (Å²) in [6.07, 6.45) is 0.900. The molecule has 29 heavy (non-hydrogen) atoms. The van der Waals surface area contributed by atoms with Gasteiger partial charge in [0.05, 0.1) is 34.9 Å². The smallest absolute Gasteiger partial charge is 0.270 e. The Morgan fingerprint density at radius 2 is 2.17 bits per heavy atom. The fourth-order valence-electron chi connectivity index (χ4n) is 3.36. The van der Waals surface area contributed by atoms with Crippen molar-refractivity contribution in [2.24, 2.45) is 0 Å². The summed E-state index contributed by atoms with van der Waals surface area (Å²) in [7, 11) is 0. The summed E-state index contributed by atoms with van der Waals surface area (Å²) in [6, 6.07) is 9.68. The van der Waals surface area contributed by atoms with E-state index in [1.807, 2.05) is 47.5 Å². The van der Waals surface area contributed by atoms with E-state index in [0.717, 1.165) is 65.2 Å². The number of benzene rings is 1. The van der Waals surface area contributed by atoms with Crippen molar-refractivity contribution in [3.8, 4) is 5.75 Å². The number of hydrogen-bond donors (Lipinski definition) is 0. The van der Waals surface area contributed by atoms with Gasteiger partial charge in [0, 0.05) is 26.2 Å². The SMILES string of the molecule is CCOc1ccc2nc(N(CCCN3CCOCC3)C(=O)c3cccs3)sc2c1. The highest BCUT2D eigenvalue weighted by atomic mass is 32.1. The maximum atomic E-state index is 13.2. The quantitative estimate of drug-likeness (QED) is 0.537. The Labute approximate surface area is 178 Å². The van der Waals surface area contributed by atoms with Gasteiger partial charge in [0.1, 0.15) is 5.75 Å². The molecule has 1 aliphatic heterocycles. The van der Waals surface area contributed by atoms with Crippen molar-refractivity contribution >= 4 is 43.9 Å². The highest BCUT2D eigenvalue weighted by Gasteiger charge is 2.22. The summed E-state index contributed by atoms with van der Waals surface area (Å²) in [4.78, 5) is 22.9. The molecule has 0 bridgehead atoms. The fraction of sp³-hybridized carbons (Fsp3) is 0.429. The molecule has 1 amide bonds. The second-order valence-electron chi connectivity index (χ2n) is 6.80. The van der Waals surface area contributed by atoms with Crippen molar-refractivity contribution in [2.45, 2.75) is 13.3 Å². The van der Waals surface area contributed by atoms with Gasteiger partial charge in [-0.05, 0) is 43.0 Å². The Kier molecular flexibility index (Phi) is 6.76. The predicted octanol–water partition coefficient (Wildman–Crippen LogP) is 4.13. The molecule has 3 aromatic rings. The molecule has 6 nitrogen and oxygen atoms in total. The third kappa shape index (κ3) is 4.95. The lowest BCUT2D eigenvalue weighted by Gasteiger charge is -2.27. The first-order valence-electron chi connectivity index (χ1n) is 9.93. The van der Waals surface area contributed by atoms with Gasteiger partial charge < -0.3 is 9.47 Å². The van der Waals surface area contributed by atoms with E-state index >= 15 is 0 Å². The first-order valence-corrected chi connectivity index (χ1v) is 11.6. The standard InChI is InChI=1S/C21H25N3O3S2/c1-2-27-16-6-7-17-19(15-16)29-21(22-17)24(20(25)18-5-3-14-28-18)9-4-8-23-10-12-26-13-11-23/h3,5-7,14-15H,2,4,8-13H2,1H3. The normalized spacial score (nSPS) is 14.9. The molecule has 2 aromatic heterocycles. The van der Waals surface area contributed by atoms with Crippen molar-refractivity contribution in [1.82, 2.24) is 9.88 Å². The molecule has 8 heteroatoms. The lowest BCUT2D eigenvalue weighted by molar-refractivity contribution is 0.0376. The topological polar surface area (TPSA) is 54.9 Å². The van der Waals surface area contributed by atoms with Gasteiger partial charge in [-0.3, -0.25) is 14.6 Å². The molecule has 1 saturated heterocycles. The van der Waals surface area contributed by atoms with Crippen LogP contribution in [0.25, 0.3) is 10.2 Å². The number of ether oxygens (including phenoxy) is 2. The van der Waals surface area contributed by atoms with E-state index in [2.05, 4.69) is 4.90 Å². The Morgan fingerprint density at radius 3 is 2.93 bits per heavy atom.